The lowest BCUT2D eigenvalue weighted by molar-refractivity contribution is -0.360. The van der Waals surface area contributed by atoms with Crippen LogP contribution in [0.3, 0.4) is 0 Å². The standard InChI is InChI=1S/C30H36ClO12P/c1-17(32)38-15-26-27(40-18(2)33)28(41-19(3)34)29(42-20(4)35)30(36,43-26)23-9-12-25(31)22(14-23)13-21-7-10-24(11-8-21)39-16-44(5,6)37/h7-12,14,26-29,36H,13,15-16H2,1-6H3/t26-,27-,28+,29-,30+/m1/s1. The lowest BCUT2D eigenvalue weighted by Crippen LogP contribution is -2.66. The van der Waals surface area contributed by atoms with Crippen LogP contribution in [-0.4, -0.2) is 79.7 Å². The monoisotopic (exact) mass is 654 g/mol. The highest BCUT2D eigenvalue weighted by atomic mass is 35.5. The highest BCUT2D eigenvalue weighted by Crippen LogP contribution is 2.42. The molecule has 0 radical (unpaired) electrons. The summed E-state index contributed by atoms with van der Waals surface area (Å²) in [5.74, 6) is -5.10. The van der Waals surface area contributed by atoms with Gasteiger partial charge in [0.15, 0.2) is 12.2 Å². The van der Waals surface area contributed by atoms with Gasteiger partial charge in [-0.1, -0.05) is 29.8 Å². The van der Waals surface area contributed by atoms with Crippen molar-refractivity contribution in [3.8, 4) is 5.75 Å². The van der Waals surface area contributed by atoms with Crippen LogP contribution in [0.5, 0.6) is 5.75 Å². The molecule has 0 aromatic heterocycles. The fourth-order valence-corrected chi connectivity index (χ4v) is 5.24. The van der Waals surface area contributed by atoms with Gasteiger partial charge in [0.05, 0.1) is 0 Å². The molecule has 1 aliphatic rings. The van der Waals surface area contributed by atoms with Crippen molar-refractivity contribution >= 4 is 42.6 Å². The number of aliphatic hydroxyl groups is 1. The van der Waals surface area contributed by atoms with Crippen molar-refractivity contribution in [3.63, 3.8) is 0 Å². The predicted octanol–water partition coefficient (Wildman–Crippen LogP) is 3.79. The summed E-state index contributed by atoms with van der Waals surface area (Å²) in [5.41, 5.74) is 1.43. The van der Waals surface area contributed by atoms with Gasteiger partial charge in [-0.25, -0.2) is 0 Å². The fraction of sp³-hybridized carbons (Fsp3) is 0.467. The minimum Gasteiger partial charge on any atom is -0.486 e. The van der Waals surface area contributed by atoms with E-state index in [-0.39, 0.29) is 11.9 Å². The van der Waals surface area contributed by atoms with Crippen LogP contribution in [-0.2, 0) is 59.6 Å². The van der Waals surface area contributed by atoms with Crippen LogP contribution in [0.2, 0.25) is 5.02 Å². The minimum absolute atomic E-state index is 0.0657. The van der Waals surface area contributed by atoms with Gasteiger partial charge < -0.3 is 38.1 Å². The summed E-state index contributed by atoms with van der Waals surface area (Å²) in [6, 6.07) is 11.6. The lowest BCUT2D eigenvalue weighted by atomic mass is 9.86. The summed E-state index contributed by atoms with van der Waals surface area (Å²) < 4.78 is 44.9. The Kier molecular flexibility index (Phi) is 11.6. The summed E-state index contributed by atoms with van der Waals surface area (Å²) in [6.07, 6.45) is -5.66. The molecule has 44 heavy (non-hydrogen) atoms. The normalized spacial score (nSPS) is 23.3. The predicted molar refractivity (Wildman–Crippen MR) is 158 cm³/mol. The van der Waals surface area contributed by atoms with Gasteiger partial charge in [0, 0.05) is 38.3 Å². The van der Waals surface area contributed by atoms with E-state index in [4.69, 9.17) is 40.0 Å². The summed E-state index contributed by atoms with van der Waals surface area (Å²) in [7, 11) is -2.36. The maximum absolute atomic E-state index is 12.2. The van der Waals surface area contributed by atoms with Crippen LogP contribution in [0.1, 0.15) is 44.4 Å². The van der Waals surface area contributed by atoms with Gasteiger partial charge in [-0.05, 0) is 55.1 Å². The van der Waals surface area contributed by atoms with E-state index in [0.717, 1.165) is 33.3 Å². The lowest BCUT2D eigenvalue weighted by Gasteiger charge is -2.48. The van der Waals surface area contributed by atoms with E-state index in [9.17, 15) is 28.8 Å². The second kappa shape index (κ2) is 14.6. The first-order valence-electron chi connectivity index (χ1n) is 13.6. The number of hydrogen-bond donors (Lipinski definition) is 1. The molecular weight excluding hydrogens is 619 g/mol. The molecule has 1 N–H and O–H groups in total. The third-order valence-corrected chi connectivity index (χ3v) is 7.49. The first kappa shape index (κ1) is 35.0. The van der Waals surface area contributed by atoms with Gasteiger partial charge in [-0.15, -0.1) is 0 Å². The van der Waals surface area contributed by atoms with E-state index in [1.54, 1.807) is 37.6 Å². The van der Waals surface area contributed by atoms with Crippen molar-refractivity contribution in [2.24, 2.45) is 0 Å². The van der Waals surface area contributed by atoms with Crippen molar-refractivity contribution in [1.29, 1.82) is 0 Å². The zero-order valence-corrected chi connectivity index (χ0v) is 26.9. The van der Waals surface area contributed by atoms with E-state index >= 15 is 0 Å². The Morgan fingerprint density at radius 1 is 0.886 bits per heavy atom. The summed E-state index contributed by atoms with van der Waals surface area (Å²) >= 11 is 6.53. The molecule has 0 saturated carbocycles. The van der Waals surface area contributed by atoms with E-state index in [1.165, 1.54) is 18.2 Å². The summed E-state index contributed by atoms with van der Waals surface area (Å²) in [4.78, 5) is 48.0. The molecule has 240 valence electrons. The molecular formula is C30H36ClO12P. The second-order valence-corrected chi connectivity index (χ2v) is 14.6. The molecule has 1 saturated heterocycles. The molecule has 14 heteroatoms. The van der Waals surface area contributed by atoms with Gasteiger partial charge in [0.1, 0.15) is 32.0 Å². The molecule has 2 aromatic rings. The first-order valence-corrected chi connectivity index (χ1v) is 16.7. The molecule has 12 nitrogen and oxygen atoms in total. The third-order valence-electron chi connectivity index (χ3n) is 6.37. The van der Waals surface area contributed by atoms with Crippen LogP contribution < -0.4 is 4.74 Å². The number of carbonyl (C=O) groups excluding carboxylic acids is 4. The highest BCUT2D eigenvalue weighted by molar-refractivity contribution is 7.62. The van der Waals surface area contributed by atoms with Crippen molar-refractivity contribution < 1.29 is 57.3 Å². The quantitative estimate of drug-likeness (QED) is 0.212. The van der Waals surface area contributed by atoms with Gasteiger partial charge in [-0.2, -0.15) is 0 Å². The Morgan fingerprint density at radius 3 is 2.02 bits per heavy atom. The van der Waals surface area contributed by atoms with Crippen molar-refractivity contribution in [2.45, 2.75) is 64.3 Å². The fourth-order valence-electron chi connectivity index (χ4n) is 4.60. The van der Waals surface area contributed by atoms with Gasteiger partial charge >= 0.3 is 23.9 Å². The average molecular weight is 655 g/mol. The number of carbonyl (C=O) groups is 4. The number of esters is 4. The van der Waals surface area contributed by atoms with Crippen LogP contribution in [0.15, 0.2) is 42.5 Å². The zero-order valence-electron chi connectivity index (χ0n) is 25.2. The molecule has 3 rings (SSSR count). The maximum Gasteiger partial charge on any atom is 0.303 e. The second-order valence-electron chi connectivity index (χ2n) is 10.8. The smallest absolute Gasteiger partial charge is 0.303 e. The van der Waals surface area contributed by atoms with Crippen LogP contribution in [0.25, 0.3) is 0 Å². The van der Waals surface area contributed by atoms with E-state index in [1.807, 2.05) is 0 Å². The van der Waals surface area contributed by atoms with Gasteiger partial charge in [-0.3, -0.25) is 19.2 Å². The Labute approximate surface area is 260 Å². The van der Waals surface area contributed by atoms with E-state index in [0.29, 0.717) is 22.8 Å². The number of halogens is 1. The molecule has 0 spiro atoms. The topological polar surface area (TPSA) is 161 Å². The third kappa shape index (κ3) is 9.53. The summed E-state index contributed by atoms with van der Waals surface area (Å²) in [6.45, 7) is 7.19. The Balaban J connectivity index is 2.04. The molecule has 0 amide bonds. The van der Waals surface area contributed by atoms with Gasteiger partial charge in [0.2, 0.25) is 11.9 Å². The number of hydrogen-bond acceptors (Lipinski definition) is 12. The largest absolute Gasteiger partial charge is 0.486 e. The molecule has 0 aliphatic carbocycles. The first-order chi connectivity index (χ1) is 20.5. The van der Waals surface area contributed by atoms with Crippen molar-refractivity contribution in [1.82, 2.24) is 0 Å². The van der Waals surface area contributed by atoms with Crippen molar-refractivity contribution in [3.05, 3.63) is 64.2 Å². The molecule has 2 aromatic carbocycles. The Bertz CT molecular complexity index is 1420. The van der Waals surface area contributed by atoms with Crippen LogP contribution >= 0.6 is 18.7 Å². The average Bonchev–Trinajstić information content (AvgIpc) is 2.91. The molecule has 5 atom stereocenters. The van der Waals surface area contributed by atoms with Crippen LogP contribution in [0, 0.1) is 0 Å². The summed E-state index contributed by atoms with van der Waals surface area (Å²) in [5, 5.41) is 12.5. The highest BCUT2D eigenvalue weighted by Gasteiger charge is 2.60. The minimum atomic E-state index is -2.49. The molecule has 1 fully saturated rings. The molecule has 0 bridgehead atoms. The van der Waals surface area contributed by atoms with Gasteiger partial charge in [0.25, 0.3) is 0 Å². The molecule has 1 aliphatic heterocycles. The zero-order chi connectivity index (χ0) is 32.8. The Hall–Kier alpha value is -3.44. The van der Waals surface area contributed by atoms with E-state index < -0.39 is 67.8 Å². The molecule has 1 heterocycles. The number of rotatable bonds is 11. The SMILES string of the molecule is CC(=O)OC[C@H]1O[C@@](O)(c2ccc(Cl)c(Cc3ccc(OCP(C)(C)=O)cc3)c2)[C@H](OC(C)=O)[C@@H](OC(C)=O)[C@@H]1OC(C)=O. The van der Waals surface area contributed by atoms with Crippen molar-refractivity contribution in [2.75, 3.05) is 26.3 Å². The Morgan fingerprint density at radius 2 is 1.48 bits per heavy atom. The number of benzene rings is 2. The van der Waals surface area contributed by atoms with Crippen LogP contribution in [0.4, 0.5) is 0 Å². The maximum atomic E-state index is 12.2. The number of ether oxygens (including phenoxy) is 6. The van der Waals surface area contributed by atoms with E-state index in [2.05, 4.69) is 0 Å². The molecule has 0 unspecified atom stereocenters.